The van der Waals surface area contributed by atoms with E-state index in [-0.39, 0.29) is 0 Å². The highest BCUT2D eigenvalue weighted by molar-refractivity contribution is 8.10. The zero-order valence-electron chi connectivity index (χ0n) is 11.0. The normalized spacial score (nSPS) is 22.1. The fourth-order valence-corrected chi connectivity index (χ4v) is 3.24. The molecule has 104 valence electrons. The van der Waals surface area contributed by atoms with E-state index in [0.717, 1.165) is 25.0 Å². The molecule has 0 aromatic carbocycles. The van der Waals surface area contributed by atoms with Crippen LogP contribution in [0.25, 0.3) is 0 Å². The Labute approximate surface area is 120 Å². The first-order valence-corrected chi connectivity index (χ1v) is 8.23. The van der Waals surface area contributed by atoms with Gasteiger partial charge in [0.25, 0.3) is 0 Å². The third-order valence-corrected chi connectivity index (χ3v) is 4.83. The van der Waals surface area contributed by atoms with Crippen LogP contribution in [0.1, 0.15) is 32.6 Å². The number of rotatable bonds is 9. The van der Waals surface area contributed by atoms with Crippen molar-refractivity contribution in [1.29, 1.82) is 0 Å². The number of allylic oxidation sites excluding steroid dienone is 4. The minimum Gasteiger partial charge on any atom is -0.368 e. The van der Waals surface area contributed by atoms with E-state index in [4.69, 9.17) is 4.74 Å². The maximum atomic E-state index is 9.61. The number of aliphatic hydroxyl groups excluding tert-OH is 1. The van der Waals surface area contributed by atoms with Crippen molar-refractivity contribution in [3.8, 4) is 0 Å². The molecule has 0 aliphatic heterocycles. The molecule has 0 heterocycles. The molecular weight excluding hydrogens is 264 g/mol. The number of thioether (sulfide) groups is 1. The topological polar surface area (TPSA) is 29.5 Å². The van der Waals surface area contributed by atoms with Crippen LogP contribution in [-0.4, -0.2) is 28.3 Å². The van der Waals surface area contributed by atoms with Crippen LogP contribution in [0.5, 0.6) is 0 Å². The van der Waals surface area contributed by atoms with Gasteiger partial charge >= 0.3 is 0 Å². The molecule has 4 heteroatoms. The Hall–Kier alpha value is 0.1000. The van der Waals surface area contributed by atoms with E-state index in [0.29, 0.717) is 23.5 Å². The lowest BCUT2D eigenvalue weighted by atomic mass is 10.0. The number of aliphatic hydroxyl groups is 1. The molecule has 3 atom stereocenters. The molecule has 0 aromatic rings. The highest BCUT2D eigenvalue weighted by Gasteiger charge is 2.16. The summed E-state index contributed by atoms with van der Waals surface area (Å²) in [6.07, 6.45) is 11.8. The lowest BCUT2D eigenvalue weighted by molar-refractivity contribution is -0.0998. The van der Waals surface area contributed by atoms with Gasteiger partial charge in [0.15, 0.2) is 6.29 Å². The van der Waals surface area contributed by atoms with Crippen LogP contribution >= 0.6 is 24.4 Å². The molecule has 1 aliphatic rings. The molecule has 0 bridgehead atoms. The third-order valence-electron chi connectivity index (χ3n) is 2.84. The zero-order chi connectivity index (χ0) is 13.2. The van der Waals surface area contributed by atoms with Gasteiger partial charge in [0.1, 0.15) is 0 Å². The van der Waals surface area contributed by atoms with Crippen molar-refractivity contribution in [2.24, 2.45) is 5.92 Å². The molecule has 0 spiro atoms. The second-order valence-corrected chi connectivity index (χ2v) is 6.60. The Morgan fingerprint density at radius 3 is 3.00 bits per heavy atom. The monoisotopic (exact) mass is 288 g/mol. The first-order valence-electron chi connectivity index (χ1n) is 6.66. The van der Waals surface area contributed by atoms with Gasteiger partial charge in [-0.2, -0.15) is 12.6 Å². The number of hydrogen-bond acceptors (Lipinski definition) is 4. The lowest BCUT2D eigenvalue weighted by Crippen LogP contribution is -2.16. The molecule has 1 rings (SSSR count). The molecule has 0 radical (unpaired) electrons. The van der Waals surface area contributed by atoms with E-state index in [1.807, 2.05) is 0 Å². The summed E-state index contributed by atoms with van der Waals surface area (Å²) < 4.78 is 5.60. The highest BCUT2D eigenvalue weighted by Crippen LogP contribution is 2.29. The second kappa shape index (κ2) is 9.96. The number of unbranched alkanes of at least 4 members (excludes halogenated alkanes) is 1. The quantitative estimate of drug-likeness (QED) is 0.386. The van der Waals surface area contributed by atoms with Crippen LogP contribution in [0.3, 0.4) is 0 Å². The van der Waals surface area contributed by atoms with Crippen LogP contribution in [0.2, 0.25) is 0 Å². The van der Waals surface area contributed by atoms with Gasteiger partial charge in [-0.05, 0) is 18.6 Å². The minimum atomic E-state index is -0.619. The molecule has 0 saturated carbocycles. The Morgan fingerprint density at radius 2 is 2.33 bits per heavy atom. The fraction of sp³-hybridized carbons (Fsp3) is 0.714. The Balaban J connectivity index is 2.05. The first-order chi connectivity index (χ1) is 8.74. The predicted molar refractivity (Wildman–Crippen MR) is 83.1 cm³/mol. The summed E-state index contributed by atoms with van der Waals surface area (Å²) in [5.74, 6) is 1.39. The van der Waals surface area contributed by atoms with Crippen molar-refractivity contribution in [2.75, 3.05) is 12.4 Å². The van der Waals surface area contributed by atoms with E-state index in [1.54, 1.807) is 11.8 Å². The lowest BCUT2D eigenvalue weighted by Gasteiger charge is -2.20. The van der Waals surface area contributed by atoms with Gasteiger partial charge in [0.2, 0.25) is 0 Å². The van der Waals surface area contributed by atoms with Gasteiger partial charge in [-0.15, -0.1) is 11.8 Å². The largest absolute Gasteiger partial charge is 0.368 e. The van der Waals surface area contributed by atoms with Crippen LogP contribution in [0.4, 0.5) is 0 Å². The van der Waals surface area contributed by atoms with E-state index < -0.39 is 6.29 Å². The van der Waals surface area contributed by atoms with Crippen LogP contribution in [-0.2, 0) is 4.74 Å². The van der Waals surface area contributed by atoms with Crippen molar-refractivity contribution in [2.45, 2.75) is 43.5 Å². The van der Waals surface area contributed by atoms with Gasteiger partial charge in [-0.3, -0.25) is 0 Å². The summed E-state index contributed by atoms with van der Waals surface area (Å²) in [7, 11) is 0. The zero-order valence-corrected chi connectivity index (χ0v) is 12.7. The summed E-state index contributed by atoms with van der Waals surface area (Å²) in [5.41, 5.74) is 0. The maximum Gasteiger partial charge on any atom is 0.155 e. The van der Waals surface area contributed by atoms with E-state index >= 15 is 0 Å². The first kappa shape index (κ1) is 16.2. The van der Waals surface area contributed by atoms with Crippen LogP contribution < -0.4 is 0 Å². The number of hydrogen-bond donors (Lipinski definition) is 2. The summed E-state index contributed by atoms with van der Waals surface area (Å²) in [6, 6.07) is 0. The van der Waals surface area contributed by atoms with Crippen molar-refractivity contribution < 1.29 is 9.84 Å². The maximum absolute atomic E-state index is 9.61. The Morgan fingerprint density at radius 1 is 1.50 bits per heavy atom. The average Bonchev–Trinajstić information content (AvgIpc) is 2.40. The van der Waals surface area contributed by atoms with E-state index in [9.17, 15) is 5.11 Å². The number of thiol groups is 1. The van der Waals surface area contributed by atoms with Gasteiger partial charge in [0.05, 0.1) is 4.58 Å². The van der Waals surface area contributed by atoms with Gasteiger partial charge < -0.3 is 9.84 Å². The van der Waals surface area contributed by atoms with Crippen LogP contribution in [0.15, 0.2) is 24.3 Å². The van der Waals surface area contributed by atoms with Gasteiger partial charge in [0, 0.05) is 18.9 Å². The van der Waals surface area contributed by atoms with Crippen molar-refractivity contribution in [1.82, 2.24) is 0 Å². The van der Waals surface area contributed by atoms with E-state index in [2.05, 4.69) is 43.9 Å². The molecule has 0 aromatic heterocycles. The van der Waals surface area contributed by atoms with Crippen LogP contribution in [0, 0.1) is 5.92 Å². The van der Waals surface area contributed by atoms with Crippen molar-refractivity contribution >= 4 is 24.4 Å². The van der Waals surface area contributed by atoms with Crippen molar-refractivity contribution in [3.63, 3.8) is 0 Å². The smallest absolute Gasteiger partial charge is 0.155 e. The molecule has 2 nitrogen and oxygen atoms in total. The summed E-state index contributed by atoms with van der Waals surface area (Å²) in [5, 5.41) is 9.61. The fourth-order valence-electron chi connectivity index (χ4n) is 1.67. The highest BCUT2D eigenvalue weighted by atomic mass is 32.2. The molecule has 1 aliphatic carbocycles. The average molecular weight is 288 g/mol. The van der Waals surface area contributed by atoms with Gasteiger partial charge in [-0.25, -0.2) is 0 Å². The molecule has 0 fully saturated rings. The standard InChI is InChI=1S/C14H24O2S2/c1-2-3-10-16-13(15)9-11-18-14(17)12-7-5-4-6-8-12/h4-7,12-15,17H,2-3,8-11H2,1H3. The second-order valence-electron chi connectivity index (χ2n) is 4.44. The Bertz CT molecular complexity index is 267. The number of ether oxygens (including phenoxy) is 1. The predicted octanol–water partition coefficient (Wildman–Crippen LogP) is 3.63. The molecule has 0 amide bonds. The third kappa shape index (κ3) is 6.88. The van der Waals surface area contributed by atoms with Crippen molar-refractivity contribution in [3.05, 3.63) is 24.3 Å². The molecular formula is C14H24O2S2. The summed E-state index contributed by atoms with van der Waals surface area (Å²) in [6.45, 7) is 2.77. The Kier molecular flexibility index (Phi) is 8.94. The molecule has 0 saturated heterocycles. The molecule has 3 unspecified atom stereocenters. The summed E-state index contributed by atoms with van der Waals surface area (Å²) >= 11 is 6.41. The molecule has 18 heavy (non-hydrogen) atoms. The minimum absolute atomic E-state index is 0.300. The molecule has 1 N–H and O–H groups in total. The van der Waals surface area contributed by atoms with Gasteiger partial charge in [-0.1, -0.05) is 37.6 Å². The SMILES string of the molecule is CCCCOC(O)CCSC(S)C1C=CC=CC1. The van der Waals surface area contributed by atoms with E-state index in [1.165, 1.54) is 0 Å². The summed E-state index contributed by atoms with van der Waals surface area (Å²) in [4.78, 5) is 0.